The summed E-state index contributed by atoms with van der Waals surface area (Å²) in [6, 6.07) is 6.73. The highest BCUT2D eigenvalue weighted by Crippen LogP contribution is 2.16. The third kappa shape index (κ3) is 2.56. The molecule has 1 aromatic carbocycles. The van der Waals surface area contributed by atoms with Crippen LogP contribution in [0, 0.1) is 0 Å². The van der Waals surface area contributed by atoms with Crippen molar-refractivity contribution in [1.29, 1.82) is 0 Å². The zero-order chi connectivity index (χ0) is 11.4. The maximum Gasteiger partial charge on any atom is 0.452 e. The number of rotatable bonds is 2. The molecule has 1 aliphatic rings. The smallest absolute Gasteiger partial charge is 0.399 e. The summed E-state index contributed by atoms with van der Waals surface area (Å²) in [6.07, 6.45) is 1.60. The third-order valence-electron chi connectivity index (χ3n) is 2.43. The number of likely N-dealkylation sites (tertiary alicyclic amines) is 1. The van der Waals surface area contributed by atoms with Gasteiger partial charge >= 0.3 is 6.09 Å². The van der Waals surface area contributed by atoms with Gasteiger partial charge in [-0.2, -0.15) is 0 Å². The molecule has 1 saturated heterocycles. The van der Waals surface area contributed by atoms with Crippen molar-refractivity contribution in [3.63, 3.8) is 0 Å². The molecule has 1 heterocycles. The summed E-state index contributed by atoms with van der Waals surface area (Å²) in [5.41, 5.74) is 6.12. The lowest BCUT2D eigenvalue weighted by atomic mass is 10.3. The topological polar surface area (TPSA) is 64.8 Å². The second-order valence-electron chi connectivity index (χ2n) is 3.70. The molecule has 86 valence electrons. The largest absolute Gasteiger partial charge is 0.452 e. The molecule has 0 atom stereocenters. The van der Waals surface area contributed by atoms with E-state index in [-0.39, 0.29) is 0 Å². The van der Waals surface area contributed by atoms with E-state index in [0.29, 0.717) is 11.4 Å². The Kier molecular flexibility index (Phi) is 3.14. The second kappa shape index (κ2) is 4.74. The number of hydrogen-bond donors (Lipinski definition) is 1. The molecule has 0 unspecified atom stereocenters. The Labute approximate surface area is 93.7 Å². The Bertz CT molecular complexity index is 375. The predicted molar refractivity (Wildman–Crippen MR) is 58.8 cm³/mol. The summed E-state index contributed by atoms with van der Waals surface area (Å²) < 4.78 is 0. The Morgan fingerprint density at radius 2 is 2.06 bits per heavy atom. The number of nitrogens with two attached hydrogens (primary N) is 1. The molecular weight excluding hydrogens is 208 g/mol. The van der Waals surface area contributed by atoms with Gasteiger partial charge in [0.05, 0.1) is 0 Å². The summed E-state index contributed by atoms with van der Waals surface area (Å²) in [4.78, 5) is 22.7. The van der Waals surface area contributed by atoms with E-state index < -0.39 is 6.09 Å². The summed E-state index contributed by atoms with van der Waals surface area (Å²) in [5, 5.41) is 0. The number of carbonyl (C=O) groups excluding carboxylic acids is 1. The first-order valence-electron chi connectivity index (χ1n) is 5.25. The highest BCUT2D eigenvalue weighted by atomic mass is 17.2. The molecule has 0 saturated carbocycles. The highest BCUT2D eigenvalue weighted by Gasteiger charge is 2.20. The van der Waals surface area contributed by atoms with Crippen LogP contribution in [0.3, 0.4) is 0 Å². The molecule has 1 fully saturated rings. The van der Waals surface area contributed by atoms with Gasteiger partial charge in [0, 0.05) is 24.8 Å². The average molecular weight is 222 g/mol. The molecular formula is C11H14N2O3. The molecule has 0 spiro atoms. The van der Waals surface area contributed by atoms with Crippen LogP contribution in [0.1, 0.15) is 12.8 Å². The van der Waals surface area contributed by atoms with Crippen LogP contribution in [0.2, 0.25) is 0 Å². The lowest BCUT2D eigenvalue weighted by Gasteiger charge is -2.13. The van der Waals surface area contributed by atoms with Gasteiger partial charge in [0.2, 0.25) is 0 Å². The van der Waals surface area contributed by atoms with Crippen molar-refractivity contribution in [3.05, 3.63) is 24.3 Å². The zero-order valence-corrected chi connectivity index (χ0v) is 8.89. The van der Waals surface area contributed by atoms with Crippen molar-refractivity contribution in [2.75, 3.05) is 18.8 Å². The fraction of sp³-hybridized carbons (Fsp3) is 0.364. The Hall–Kier alpha value is -1.91. The quantitative estimate of drug-likeness (QED) is 0.470. The minimum Gasteiger partial charge on any atom is -0.399 e. The number of nitrogens with zero attached hydrogens (tertiary/aromatic N) is 1. The van der Waals surface area contributed by atoms with Crippen LogP contribution in [0.5, 0.6) is 5.75 Å². The van der Waals surface area contributed by atoms with Gasteiger partial charge in [0.1, 0.15) is 0 Å². The summed E-state index contributed by atoms with van der Waals surface area (Å²) in [6.45, 7) is 1.47. The lowest BCUT2D eigenvalue weighted by molar-refractivity contribution is -0.152. The van der Waals surface area contributed by atoms with Crippen LogP contribution in [-0.4, -0.2) is 24.1 Å². The monoisotopic (exact) mass is 222 g/mol. The highest BCUT2D eigenvalue weighted by molar-refractivity contribution is 5.67. The number of benzene rings is 1. The number of hydrogen-bond acceptors (Lipinski definition) is 4. The molecule has 2 N–H and O–H groups in total. The van der Waals surface area contributed by atoms with E-state index in [2.05, 4.69) is 0 Å². The van der Waals surface area contributed by atoms with Crippen LogP contribution < -0.4 is 10.6 Å². The van der Waals surface area contributed by atoms with Crippen LogP contribution in [0.4, 0.5) is 10.5 Å². The molecule has 16 heavy (non-hydrogen) atoms. The summed E-state index contributed by atoms with van der Waals surface area (Å²) in [5.74, 6) is 0.424. The first-order chi connectivity index (χ1) is 7.75. The first kappa shape index (κ1) is 10.6. The van der Waals surface area contributed by atoms with E-state index in [1.165, 1.54) is 0 Å². The van der Waals surface area contributed by atoms with Gasteiger partial charge in [-0.3, -0.25) is 4.89 Å². The lowest BCUT2D eigenvalue weighted by Crippen LogP contribution is -2.29. The summed E-state index contributed by atoms with van der Waals surface area (Å²) in [7, 11) is 0. The van der Waals surface area contributed by atoms with E-state index >= 15 is 0 Å². The van der Waals surface area contributed by atoms with Gasteiger partial charge in [-0.05, 0) is 25.0 Å². The number of nitrogen functional groups attached to an aromatic ring is 1. The van der Waals surface area contributed by atoms with Gasteiger partial charge in [0.15, 0.2) is 5.75 Å². The molecule has 0 radical (unpaired) electrons. The van der Waals surface area contributed by atoms with Crippen LogP contribution in [-0.2, 0) is 4.89 Å². The SMILES string of the molecule is Nc1cccc(OOC(=O)N2CCCC2)c1. The van der Waals surface area contributed by atoms with Gasteiger partial charge in [0.25, 0.3) is 0 Å². The number of carbonyl (C=O) groups is 1. The van der Waals surface area contributed by atoms with E-state index in [1.54, 1.807) is 29.2 Å². The molecule has 1 aromatic rings. The van der Waals surface area contributed by atoms with Crippen LogP contribution in [0.15, 0.2) is 24.3 Å². The van der Waals surface area contributed by atoms with Gasteiger partial charge in [-0.25, -0.2) is 9.68 Å². The maximum absolute atomic E-state index is 11.5. The van der Waals surface area contributed by atoms with Crippen molar-refractivity contribution < 1.29 is 14.6 Å². The standard InChI is InChI=1S/C11H14N2O3/c12-9-4-3-5-10(8-9)15-16-11(14)13-6-1-2-7-13/h3-5,8H,1-2,6-7,12H2. The van der Waals surface area contributed by atoms with E-state index in [4.69, 9.17) is 15.5 Å². The van der Waals surface area contributed by atoms with Crippen LogP contribution in [0.25, 0.3) is 0 Å². The van der Waals surface area contributed by atoms with Crippen molar-refractivity contribution >= 4 is 11.8 Å². The predicted octanol–water partition coefficient (Wildman–Crippen LogP) is 1.79. The van der Waals surface area contributed by atoms with E-state index in [0.717, 1.165) is 25.9 Å². The Morgan fingerprint density at radius 3 is 2.75 bits per heavy atom. The Balaban J connectivity index is 1.84. The minimum atomic E-state index is -0.445. The van der Waals surface area contributed by atoms with Gasteiger partial charge < -0.3 is 10.6 Å². The molecule has 5 nitrogen and oxygen atoms in total. The number of anilines is 1. The molecule has 5 heteroatoms. The van der Waals surface area contributed by atoms with Crippen molar-refractivity contribution in [2.45, 2.75) is 12.8 Å². The summed E-state index contributed by atoms with van der Waals surface area (Å²) >= 11 is 0. The second-order valence-corrected chi connectivity index (χ2v) is 3.70. The van der Waals surface area contributed by atoms with E-state index in [9.17, 15) is 4.79 Å². The van der Waals surface area contributed by atoms with Crippen molar-refractivity contribution in [3.8, 4) is 5.75 Å². The maximum atomic E-state index is 11.5. The average Bonchev–Trinajstić information content (AvgIpc) is 2.79. The minimum absolute atomic E-state index is 0.424. The molecule has 0 aliphatic carbocycles. The first-order valence-corrected chi connectivity index (χ1v) is 5.25. The molecule has 2 rings (SSSR count). The van der Waals surface area contributed by atoms with Crippen molar-refractivity contribution in [2.24, 2.45) is 0 Å². The fourth-order valence-electron chi connectivity index (χ4n) is 1.60. The molecule has 1 aliphatic heterocycles. The fourth-order valence-corrected chi connectivity index (χ4v) is 1.60. The van der Waals surface area contributed by atoms with Crippen molar-refractivity contribution in [1.82, 2.24) is 4.90 Å². The van der Waals surface area contributed by atoms with Gasteiger partial charge in [-0.1, -0.05) is 6.07 Å². The molecule has 1 amide bonds. The van der Waals surface area contributed by atoms with Gasteiger partial charge in [-0.15, -0.1) is 0 Å². The zero-order valence-electron chi connectivity index (χ0n) is 8.89. The molecule has 0 bridgehead atoms. The Morgan fingerprint density at radius 1 is 1.31 bits per heavy atom. The van der Waals surface area contributed by atoms with Crippen LogP contribution >= 0.6 is 0 Å². The number of amides is 1. The third-order valence-corrected chi connectivity index (χ3v) is 2.43. The van der Waals surface area contributed by atoms with E-state index in [1.807, 2.05) is 0 Å². The normalized spacial score (nSPS) is 14.9. The molecule has 0 aromatic heterocycles.